The van der Waals surface area contributed by atoms with Gasteiger partial charge in [-0.05, 0) is 12.1 Å². The lowest BCUT2D eigenvalue weighted by molar-refractivity contribution is 0.199. The van der Waals surface area contributed by atoms with Crippen LogP contribution in [-0.2, 0) is 11.3 Å². The lowest BCUT2D eigenvalue weighted by Crippen LogP contribution is -2.18. The van der Waals surface area contributed by atoms with Gasteiger partial charge in [0.05, 0.1) is 12.1 Å². The number of pyridine rings is 1. The Labute approximate surface area is 127 Å². The van der Waals surface area contributed by atoms with Crippen molar-refractivity contribution in [1.82, 2.24) is 20.5 Å². The third kappa shape index (κ3) is 3.24. The molecule has 0 unspecified atom stereocenters. The molecule has 0 aliphatic rings. The van der Waals surface area contributed by atoms with Crippen LogP contribution < -0.4 is 5.32 Å². The van der Waals surface area contributed by atoms with E-state index < -0.39 is 0 Å². The SMILES string of the molecule is COCCNCc1nnc(-c2cccc3ncccc23)s1. The average Bonchev–Trinajstić information content (AvgIpc) is 3.00. The van der Waals surface area contributed by atoms with Crippen LogP contribution in [0.2, 0.25) is 0 Å². The van der Waals surface area contributed by atoms with E-state index in [0.717, 1.165) is 33.0 Å². The lowest BCUT2D eigenvalue weighted by Gasteiger charge is -2.01. The van der Waals surface area contributed by atoms with Crippen LogP contribution >= 0.6 is 11.3 Å². The molecule has 2 aromatic heterocycles. The number of nitrogens with zero attached hydrogens (tertiary/aromatic N) is 3. The number of ether oxygens (including phenoxy) is 1. The first-order chi connectivity index (χ1) is 10.4. The smallest absolute Gasteiger partial charge is 0.148 e. The molecule has 108 valence electrons. The summed E-state index contributed by atoms with van der Waals surface area (Å²) in [7, 11) is 1.69. The fourth-order valence-corrected chi connectivity index (χ4v) is 2.94. The van der Waals surface area contributed by atoms with Gasteiger partial charge in [-0.25, -0.2) is 0 Å². The highest BCUT2D eigenvalue weighted by molar-refractivity contribution is 7.14. The third-order valence-corrected chi connectivity index (χ3v) is 4.06. The second-order valence-electron chi connectivity index (χ2n) is 4.55. The second-order valence-corrected chi connectivity index (χ2v) is 5.61. The van der Waals surface area contributed by atoms with Gasteiger partial charge in [0.2, 0.25) is 0 Å². The van der Waals surface area contributed by atoms with Crippen molar-refractivity contribution in [3.63, 3.8) is 0 Å². The summed E-state index contributed by atoms with van der Waals surface area (Å²) in [6.07, 6.45) is 1.80. The Morgan fingerprint density at radius 2 is 2.14 bits per heavy atom. The summed E-state index contributed by atoms with van der Waals surface area (Å²) >= 11 is 1.61. The van der Waals surface area contributed by atoms with Crippen LogP contribution in [-0.4, -0.2) is 35.4 Å². The third-order valence-electron chi connectivity index (χ3n) is 3.10. The van der Waals surface area contributed by atoms with E-state index in [1.165, 1.54) is 0 Å². The fourth-order valence-electron chi connectivity index (χ4n) is 2.09. The fraction of sp³-hybridized carbons (Fsp3) is 0.267. The molecule has 0 amide bonds. The molecule has 2 heterocycles. The predicted molar refractivity (Wildman–Crippen MR) is 84.2 cm³/mol. The van der Waals surface area contributed by atoms with Gasteiger partial charge < -0.3 is 10.1 Å². The first-order valence-corrected chi connectivity index (χ1v) is 7.56. The van der Waals surface area contributed by atoms with Crippen LogP contribution in [0.25, 0.3) is 21.5 Å². The summed E-state index contributed by atoms with van der Waals surface area (Å²) in [5.74, 6) is 0. The molecule has 6 heteroatoms. The minimum absolute atomic E-state index is 0.695. The van der Waals surface area contributed by atoms with Crippen LogP contribution in [0.1, 0.15) is 5.01 Å². The molecular weight excluding hydrogens is 284 g/mol. The number of fused-ring (bicyclic) bond motifs is 1. The molecule has 21 heavy (non-hydrogen) atoms. The summed E-state index contributed by atoms with van der Waals surface area (Å²) in [4.78, 5) is 4.37. The Balaban J connectivity index is 1.81. The molecule has 0 bridgehead atoms. The summed E-state index contributed by atoms with van der Waals surface area (Å²) in [6, 6.07) is 10.1. The predicted octanol–water partition coefficient (Wildman–Crippen LogP) is 2.49. The number of hydrogen-bond acceptors (Lipinski definition) is 6. The zero-order chi connectivity index (χ0) is 14.5. The maximum absolute atomic E-state index is 5.00. The molecule has 0 aliphatic heterocycles. The molecule has 0 saturated carbocycles. The zero-order valence-electron chi connectivity index (χ0n) is 11.7. The number of methoxy groups -OCH3 is 1. The van der Waals surface area contributed by atoms with Crippen LogP contribution in [0, 0.1) is 0 Å². The molecule has 0 radical (unpaired) electrons. The Hall–Kier alpha value is -1.89. The van der Waals surface area contributed by atoms with Crippen molar-refractivity contribution >= 4 is 22.2 Å². The largest absolute Gasteiger partial charge is 0.383 e. The first kappa shape index (κ1) is 14.1. The van der Waals surface area contributed by atoms with Gasteiger partial charge in [0.1, 0.15) is 10.0 Å². The van der Waals surface area contributed by atoms with Gasteiger partial charge in [0, 0.05) is 37.3 Å². The number of aromatic nitrogens is 3. The van der Waals surface area contributed by atoms with Crippen molar-refractivity contribution in [3.05, 3.63) is 41.5 Å². The average molecular weight is 300 g/mol. The van der Waals surface area contributed by atoms with E-state index in [1.54, 1.807) is 24.6 Å². The van der Waals surface area contributed by atoms with Gasteiger partial charge in [0.25, 0.3) is 0 Å². The van der Waals surface area contributed by atoms with Crippen molar-refractivity contribution in [2.45, 2.75) is 6.54 Å². The van der Waals surface area contributed by atoms with Crippen molar-refractivity contribution in [3.8, 4) is 10.6 Å². The highest BCUT2D eigenvalue weighted by Gasteiger charge is 2.09. The van der Waals surface area contributed by atoms with Gasteiger partial charge >= 0.3 is 0 Å². The van der Waals surface area contributed by atoms with Gasteiger partial charge in [0.15, 0.2) is 0 Å². The lowest BCUT2D eigenvalue weighted by atomic mass is 10.1. The monoisotopic (exact) mass is 300 g/mol. The summed E-state index contributed by atoms with van der Waals surface area (Å²) in [5, 5.41) is 14.8. The Morgan fingerprint density at radius 3 is 3.05 bits per heavy atom. The normalized spacial score (nSPS) is 11.1. The number of benzene rings is 1. The van der Waals surface area contributed by atoms with E-state index in [-0.39, 0.29) is 0 Å². The topological polar surface area (TPSA) is 59.9 Å². The van der Waals surface area contributed by atoms with Crippen molar-refractivity contribution < 1.29 is 4.74 Å². The van der Waals surface area contributed by atoms with Gasteiger partial charge in [-0.2, -0.15) is 0 Å². The van der Waals surface area contributed by atoms with Crippen molar-refractivity contribution in [2.24, 2.45) is 0 Å². The van der Waals surface area contributed by atoms with Gasteiger partial charge in [-0.15, -0.1) is 10.2 Å². The van der Waals surface area contributed by atoms with Gasteiger partial charge in [-0.3, -0.25) is 4.98 Å². The molecule has 0 fully saturated rings. The first-order valence-electron chi connectivity index (χ1n) is 6.74. The van der Waals surface area contributed by atoms with Crippen molar-refractivity contribution in [2.75, 3.05) is 20.3 Å². The molecule has 0 aliphatic carbocycles. The molecule has 0 atom stereocenters. The van der Waals surface area contributed by atoms with Crippen LogP contribution in [0.3, 0.4) is 0 Å². The van der Waals surface area contributed by atoms with E-state index in [0.29, 0.717) is 13.2 Å². The Morgan fingerprint density at radius 1 is 1.19 bits per heavy atom. The number of rotatable bonds is 6. The molecule has 3 rings (SSSR count). The number of nitrogens with one attached hydrogen (secondary N) is 1. The van der Waals surface area contributed by atoms with E-state index >= 15 is 0 Å². The molecule has 0 spiro atoms. The zero-order valence-corrected chi connectivity index (χ0v) is 12.6. The molecule has 5 nitrogen and oxygen atoms in total. The second kappa shape index (κ2) is 6.71. The Bertz CT molecular complexity index is 723. The Kier molecular flexibility index (Phi) is 4.49. The van der Waals surface area contributed by atoms with E-state index in [1.807, 2.05) is 18.2 Å². The quantitative estimate of drug-likeness (QED) is 0.709. The highest BCUT2D eigenvalue weighted by Crippen LogP contribution is 2.29. The molecule has 1 N–H and O–H groups in total. The maximum atomic E-state index is 5.00. The van der Waals surface area contributed by atoms with Crippen LogP contribution in [0.5, 0.6) is 0 Å². The standard InChI is InChI=1S/C15H16N4OS/c1-20-9-8-16-10-14-18-19-15(21-14)12-4-2-6-13-11(12)5-3-7-17-13/h2-7,16H,8-10H2,1H3. The maximum Gasteiger partial charge on any atom is 0.148 e. The molecule has 3 aromatic rings. The number of hydrogen-bond donors (Lipinski definition) is 1. The molecule has 1 aromatic carbocycles. The molecule has 0 saturated heterocycles. The van der Waals surface area contributed by atoms with Crippen molar-refractivity contribution in [1.29, 1.82) is 0 Å². The van der Waals surface area contributed by atoms with Gasteiger partial charge in [-0.1, -0.05) is 29.5 Å². The highest BCUT2D eigenvalue weighted by atomic mass is 32.1. The van der Waals surface area contributed by atoms with E-state index in [9.17, 15) is 0 Å². The van der Waals surface area contributed by atoms with Crippen LogP contribution in [0.15, 0.2) is 36.5 Å². The summed E-state index contributed by atoms with van der Waals surface area (Å²) in [6.45, 7) is 2.22. The summed E-state index contributed by atoms with van der Waals surface area (Å²) in [5.41, 5.74) is 2.06. The minimum atomic E-state index is 0.695. The molecular formula is C15H16N4OS. The van der Waals surface area contributed by atoms with E-state index in [2.05, 4.69) is 32.6 Å². The summed E-state index contributed by atoms with van der Waals surface area (Å²) < 4.78 is 5.00. The van der Waals surface area contributed by atoms with E-state index in [4.69, 9.17) is 4.74 Å². The van der Waals surface area contributed by atoms with Crippen LogP contribution in [0.4, 0.5) is 0 Å². The minimum Gasteiger partial charge on any atom is -0.383 e.